The summed E-state index contributed by atoms with van der Waals surface area (Å²) in [6, 6.07) is 10.6. The van der Waals surface area contributed by atoms with Gasteiger partial charge in [-0.2, -0.15) is 0 Å². The van der Waals surface area contributed by atoms with Crippen LogP contribution in [0.15, 0.2) is 45.3 Å². The third-order valence-corrected chi connectivity index (χ3v) is 4.81. The molecule has 0 aromatic heterocycles. The Morgan fingerprint density at radius 3 is 2.62 bits per heavy atom. The molecule has 1 atom stereocenters. The molecule has 112 valence electrons. The third-order valence-electron chi connectivity index (χ3n) is 3.22. The lowest BCUT2D eigenvalue weighted by Crippen LogP contribution is -2.23. The van der Waals surface area contributed by atoms with Crippen LogP contribution in [0.1, 0.15) is 24.1 Å². The minimum absolute atomic E-state index is 0.0358. The lowest BCUT2D eigenvalue weighted by molar-refractivity contribution is 0.546. The maximum atomic E-state index is 13.4. The Morgan fingerprint density at radius 1 is 1.19 bits per heavy atom. The first-order valence-electron chi connectivity index (χ1n) is 6.63. The number of rotatable bonds is 5. The van der Waals surface area contributed by atoms with Crippen molar-refractivity contribution in [2.24, 2.45) is 0 Å². The highest BCUT2D eigenvalue weighted by Crippen LogP contribution is 2.30. The minimum Gasteiger partial charge on any atom is -0.310 e. The van der Waals surface area contributed by atoms with Crippen molar-refractivity contribution in [3.05, 3.63) is 67.3 Å². The molecule has 0 saturated heterocycles. The van der Waals surface area contributed by atoms with E-state index in [9.17, 15) is 4.39 Å². The van der Waals surface area contributed by atoms with E-state index in [1.54, 1.807) is 12.1 Å². The molecule has 1 nitrogen and oxygen atoms in total. The average molecular weight is 436 g/mol. The number of nitrogens with one attached hydrogen (secondary N) is 1. The Hall–Kier alpha value is -0.420. The predicted molar refractivity (Wildman–Crippen MR) is 93.4 cm³/mol. The van der Waals surface area contributed by atoms with E-state index >= 15 is 0 Å². The maximum absolute atomic E-state index is 13.4. The van der Waals surface area contributed by atoms with Gasteiger partial charge in [0.25, 0.3) is 0 Å². The van der Waals surface area contributed by atoms with Crippen LogP contribution in [0.4, 0.5) is 4.39 Å². The summed E-state index contributed by atoms with van der Waals surface area (Å²) < 4.78 is 15.3. The summed E-state index contributed by atoms with van der Waals surface area (Å²) in [5.41, 5.74) is 1.93. The lowest BCUT2D eigenvalue weighted by Gasteiger charge is -2.20. The molecular formula is C16H15Br2ClFN. The Kier molecular flexibility index (Phi) is 6.23. The highest BCUT2D eigenvalue weighted by atomic mass is 79.9. The van der Waals surface area contributed by atoms with Crippen molar-refractivity contribution < 1.29 is 4.39 Å². The molecule has 0 fully saturated rings. The summed E-state index contributed by atoms with van der Waals surface area (Å²) in [4.78, 5) is 0. The molecule has 0 aliphatic heterocycles. The predicted octanol–water partition coefficient (Wildman–Crippen LogP) is 5.90. The lowest BCUT2D eigenvalue weighted by atomic mass is 9.98. The molecule has 1 unspecified atom stereocenters. The number of hydrogen-bond acceptors (Lipinski definition) is 1. The second kappa shape index (κ2) is 7.73. The highest BCUT2D eigenvalue weighted by molar-refractivity contribution is 9.10. The van der Waals surface area contributed by atoms with Crippen molar-refractivity contribution in [2.45, 2.75) is 19.4 Å². The molecule has 0 aliphatic rings. The Bertz CT molecular complexity index is 634. The van der Waals surface area contributed by atoms with Gasteiger partial charge in [-0.05, 0) is 54.4 Å². The van der Waals surface area contributed by atoms with Crippen molar-refractivity contribution >= 4 is 43.5 Å². The zero-order valence-corrected chi connectivity index (χ0v) is 15.4. The maximum Gasteiger partial charge on any atom is 0.123 e. The Balaban J connectivity index is 2.32. The van der Waals surface area contributed by atoms with E-state index in [0.29, 0.717) is 11.4 Å². The molecule has 0 aliphatic carbocycles. The number of halogens is 4. The van der Waals surface area contributed by atoms with E-state index in [1.807, 2.05) is 25.1 Å². The molecule has 0 radical (unpaired) electrons. The molecule has 0 saturated carbocycles. The van der Waals surface area contributed by atoms with Crippen molar-refractivity contribution in [2.75, 3.05) is 6.54 Å². The Labute approximate surface area is 146 Å². The summed E-state index contributed by atoms with van der Waals surface area (Å²) in [5.74, 6) is -0.231. The van der Waals surface area contributed by atoms with E-state index in [4.69, 9.17) is 11.6 Å². The summed E-state index contributed by atoms with van der Waals surface area (Å²) in [5, 5.41) is 4.11. The smallest absolute Gasteiger partial charge is 0.123 e. The molecule has 0 bridgehead atoms. The fourth-order valence-corrected chi connectivity index (χ4v) is 3.46. The number of benzene rings is 2. The van der Waals surface area contributed by atoms with Crippen molar-refractivity contribution in [3.63, 3.8) is 0 Å². The molecular weight excluding hydrogens is 420 g/mol. The van der Waals surface area contributed by atoms with E-state index in [-0.39, 0.29) is 11.9 Å². The largest absolute Gasteiger partial charge is 0.310 e. The second-order valence-corrected chi connectivity index (χ2v) is 6.89. The van der Waals surface area contributed by atoms with Gasteiger partial charge in [-0.15, -0.1) is 0 Å². The van der Waals surface area contributed by atoms with Crippen LogP contribution in [0.3, 0.4) is 0 Å². The molecule has 2 aromatic carbocycles. The molecule has 0 amide bonds. The monoisotopic (exact) mass is 433 g/mol. The topological polar surface area (TPSA) is 12.0 Å². The third kappa shape index (κ3) is 4.52. The summed E-state index contributed by atoms with van der Waals surface area (Å²) in [6.07, 6.45) is 0.660. The molecule has 0 spiro atoms. The van der Waals surface area contributed by atoms with Gasteiger partial charge in [0.2, 0.25) is 0 Å². The minimum atomic E-state index is -0.231. The van der Waals surface area contributed by atoms with Gasteiger partial charge >= 0.3 is 0 Å². The van der Waals surface area contributed by atoms with Gasteiger partial charge in [-0.25, -0.2) is 4.39 Å². The van der Waals surface area contributed by atoms with Crippen LogP contribution in [0.2, 0.25) is 5.02 Å². The van der Waals surface area contributed by atoms with Crippen LogP contribution in [0, 0.1) is 5.82 Å². The summed E-state index contributed by atoms with van der Waals surface area (Å²) in [7, 11) is 0. The first kappa shape index (κ1) is 16.9. The van der Waals surface area contributed by atoms with Gasteiger partial charge < -0.3 is 5.32 Å². The van der Waals surface area contributed by atoms with Gasteiger partial charge in [0.1, 0.15) is 5.82 Å². The second-order valence-electron chi connectivity index (χ2n) is 4.72. The van der Waals surface area contributed by atoms with Gasteiger partial charge in [-0.1, -0.05) is 56.5 Å². The fourth-order valence-electron chi connectivity index (χ4n) is 2.24. The first-order chi connectivity index (χ1) is 10.0. The van der Waals surface area contributed by atoms with Crippen LogP contribution < -0.4 is 5.32 Å². The standard InChI is InChI=1S/C16H15Br2ClFN/c1-2-21-16(13-5-3-11(17)9-15(13)19)8-10-7-12(20)4-6-14(10)18/h3-7,9,16,21H,2,8H2,1H3. The summed E-state index contributed by atoms with van der Waals surface area (Å²) >= 11 is 13.2. The zero-order chi connectivity index (χ0) is 15.4. The van der Waals surface area contributed by atoms with Crippen LogP contribution >= 0.6 is 43.5 Å². The van der Waals surface area contributed by atoms with Gasteiger partial charge in [0.15, 0.2) is 0 Å². The molecule has 0 heterocycles. The first-order valence-corrected chi connectivity index (χ1v) is 8.60. The van der Waals surface area contributed by atoms with Gasteiger partial charge in [0, 0.05) is 20.0 Å². The molecule has 5 heteroatoms. The Morgan fingerprint density at radius 2 is 1.95 bits per heavy atom. The van der Waals surface area contributed by atoms with Crippen LogP contribution in [0.5, 0.6) is 0 Å². The van der Waals surface area contributed by atoms with Crippen molar-refractivity contribution in [1.82, 2.24) is 5.32 Å². The SMILES string of the molecule is CCNC(Cc1cc(F)ccc1Br)c1ccc(Br)cc1Cl. The van der Waals surface area contributed by atoms with Crippen LogP contribution in [-0.2, 0) is 6.42 Å². The van der Waals surface area contributed by atoms with Gasteiger partial charge in [-0.3, -0.25) is 0 Å². The van der Waals surface area contributed by atoms with E-state index in [2.05, 4.69) is 37.2 Å². The molecule has 21 heavy (non-hydrogen) atoms. The zero-order valence-electron chi connectivity index (χ0n) is 11.5. The molecule has 2 rings (SSSR count). The van der Waals surface area contributed by atoms with E-state index in [1.165, 1.54) is 6.07 Å². The van der Waals surface area contributed by atoms with Crippen molar-refractivity contribution in [3.8, 4) is 0 Å². The van der Waals surface area contributed by atoms with Crippen LogP contribution in [-0.4, -0.2) is 6.54 Å². The quantitative estimate of drug-likeness (QED) is 0.617. The molecule has 1 N–H and O–H groups in total. The van der Waals surface area contributed by atoms with Crippen LogP contribution in [0.25, 0.3) is 0 Å². The normalized spacial score (nSPS) is 12.4. The van der Waals surface area contributed by atoms with E-state index in [0.717, 1.165) is 26.6 Å². The van der Waals surface area contributed by atoms with Crippen molar-refractivity contribution in [1.29, 1.82) is 0 Å². The number of likely N-dealkylation sites (N-methyl/N-ethyl adjacent to an activating group) is 1. The average Bonchev–Trinajstić information content (AvgIpc) is 2.42. The van der Waals surface area contributed by atoms with E-state index < -0.39 is 0 Å². The molecule has 2 aromatic rings. The number of hydrogen-bond donors (Lipinski definition) is 1. The summed E-state index contributed by atoms with van der Waals surface area (Å²) in [6.45, 7) is 2.85. The highest BCUT2D eigenvalue weighted by Gasteiger charge is 2.16. The van der Waals surface area contributed by atoms with Gasteiger partial charge in [0.05, 0.1) is 0 Å². The fraction of sp³-hybridized carbons (Fsp3) is 0.250.